The van der Waals surface area contributed by atoms with Crippen LogP contribution in [-0.4, -0.2) is 21.1 Å². The van der Waals surface area contributed by atoms with Crippen LogP contribution >= 0.6 is 22.9 Å². The fraction of sp³-hybridized carbons (Fsp3) is 0.0400. The number of aromatic nitrogens is 3. The highest BCUT2D eigenvalue weighted by Gasteiger charge is 2.16. The molecule has 5 aromatic rings. The topological polar surface area (TPSA) is 77.0 Å². The van der Waals surface area contributed by atoms with Crippen molar-refractivity contribution in [2.75, 3.05) is 5.32 Å². The lowest BCUT2D eigenvalue weighted by molar-refractivity contribution is 0.102. The number of fused-ring (bicyclic) bond motifs is 1. The van der Waals surface area contributed by atoms with E-state index in [2.05, 4.69) is 15.5 Å². The van der Waals surface area contributed by atoms with Crippen LogP contribution in [0.25, 0.3) is 22.2 Å². The quantitative estimate of drug-likeness (QED) is 0.316. The van der Waals surface area contributed by atoms with E-state index in [9.17, 15) is 4.79 Å². The number of benzene rings is 3. The second-order valence-corrected chi connectivity index (χ2v) is 8.63. The molecule has 1 amide bonds. The van der Waals surface area contributed by atoms with Gasteiger partial charge in [-0.1, -0.05) is 71.5 Å². The van der Waals surface area contributed by atoms with E-state index in [4.69, 9.17) is 21.3 Å². The molecule has 1 N–H and O–H groups in total. The maximum atomic E-state index is 13.2. The number of nitrogens with zero attached hydrogens (tertiary/aromatic N) is 3. The SMILES string of the molecule is O=C(Nc1nnc(COc2ccc(Cl)cc2)s1)c1cc(-c2ccccc2)nc2ccccc12. The number of para-hydroxylation sites is 1. The van der Waals surface area contributed by atoms with Crippen LogP contribution in [0.1, 0.15) is 15.4 Å². The van der Waals surface area contributed by atoms with E-state index in [-0.39, 0.29) is 12.5 Å². The number of halogens is 1. The Hall–Kier alpha value is -3.81. The number of rotatable bonds is 6. The molecule has 0 aliphatic heterocycles. The third-order valence-electron chi connectivity index (χ3n) is 4.89. The number of hydrogen-bond acceptors (Lipinski definition) is 6. The molecule has 6 nitrogen and oxygen atoms in total. The molecule has 0 radical (unpaired) electrons. The average Bonchev–Trinajstić information content (AvgIpc) is 3.30. The summed E-state index contributed by atoms with van der Waals surface area (Å²) in [6.45, 7) is 0.242. The Morgan fingerprint density at radius 1 is 0.939 bits per heavy atom. The lowest BCUT2D eigenvalue weighted by Gasteiger charge is -2.09. The van der Waals surface area contributed by atoms with Gasteiger partial charge in [-0.15, -0.1) is 10.2 Å². The molecule has 0 fully saturated rings. The smallest absolute Gasteiger partial charge is 0.258 e. The Morgan fingerprint density at radius 2 is 1.70 bits per heavy atom. The predicted molar refractivity (Wildman–Crippen MR) is 131 cm³/mol. The highest BCUT2D eigenvalue weighted by molar-refractivity contribution is 7.15. The zero-order valence-electron chi connectivity index (χ0n) is 17.2. The first kappa shape index (κ1) is 21.1. The van der Waals surface area contributed by atoms with Crippen LogP contribution in [0.5, 0.6) is 5.75 Å². The van der Waals surface area contributed by atoms with Gasteiger partial charge in [0.05, 0.1) is 16.8 Å². The van der Waals surface area contributed by atoms with Crippen molar-refractivity contribution in [2.45, 2.75) is 6.61 Å². The van der Waals surface area contributed by atoms with Crippen molar-refractivity contribution in [3.8, 4) is 17.0 Å². The number of ether oxygens (including phenoxy) is 1. The highest BCUT2D eigenvalue weighted by Crippen LogP contribution is 2.26. The Balaban J connectivity index is 1.36. The van der Waals surface area contributed by atoms with E-state index < -0.39 is 0 Å². The first-order valence-corrected chi connectivity index (χ1v) is 11.3. The van der Waals surface area contributed by atoms with Crippen molar-refractivity contribution < 1.29 is 9.53 Å². The molecular formula is C25H17ClN4O2S. The summed E-state index contributed by atoms with van der Waals surface area (Å²) in [4.78, 5) is 17.9. The second-order valence-electron chi connectivity index (χ2n) is 7.14. The zero-order chi connectivity index (χ0) is 22.6. The molecule has 8 heteroatoms. The van der Waals surface area contributed by atoms with Crippen molar-refractivity contribution in [1.82, 2.24) is 15.2 Å². The number of amides is 1. The molecule has 0 saturated heterocycles. The van der Waals surface area contributed by atoms with Gasteiger partial charge in [0.15, 0.2) is 5.01 Å². The molecule has 3 aromatic carbocycles. The highest BCUT2D eigenvalue weighted by atomic mass is 35.5. The summed E-state index contributed by atoms with van der Waals surface area (Å²) in [5.41, 5.74) is 2.94. The van der Waals surface area contributed by atoms with Crippen molar-refractivity contribution in [3.63, 3.8) is 0 Å². The van der Waals surface area contributed by atoms with Gasteiger partial charge in [-0.25, -0.2) is 4.98 Å². The molecule has 0 aliphatic carbocycles. The molecule has 0 spiro atoms. The molecule has 33 heavy (non-hydrogen) atoms. The van der Waals surface area contributed by atoms with Crippen molar-refractivity contribution >= 4 is 44.9 Å². The molecule has 0 bridgehead atoms. The van der Waals surface area contributed by atoms with Gasteiger partial charge in [0, 0.05) is 16.0 Å². The van der Waals surface area contributed by atoms with E-state index in [1.54, 1.807) is 30.3 Å². The van der Waals surface area contributed by atoms with Gasteiger partial charge in [0.25, 0.3) is 5.91 Å². The molecule has 2 heterocycles. The predicted octanol–water partition coefficient (Wildman–Crippen LogP) is 6.24. The van der Waals surface area contributed by atoms with Gasteiger partial charge in [-0.05, 0) is 36.4 Å². The zero-order valence-corrected chi connectivity index (χ0v) is 18.8. The standard InChI is InChI=1S/C25H17ClN4O2S/c26-17-10-12-18(13-11-17)32-15-23-29-30-25(33-23)28-24(31)20-14-22(16-6-2-1-3-7-16)27-21-9-5-4-8-19(20)21/h1-14H,15H2,(H,28,30,31). The van der Waals surface area contributed by atoms with Crippen molar-refractivity contribution in [2.24, 2.45) is 0 Å². The monoisotopic (exact) mass is 472 g/mol. The Kier molecular flexibility index (Phi) is 5.97. The van der Waals surface area contributed by atoms with Gasteiger partial charge in [0.1, 0.15) is 12.4 Å². The van der Waals surface area contributed by atoms with Crippen LogP contribution in [0.4, 0.5) is 5.13 Å². The van der Waals surface area contributed by atoms with E-state index in [0.29, 0.717) is 26.5 Å². The summed E-state index contributed by atoms with van der Waals surface area (Å²) in [6.07, 6.45) is 0. The molecule has 0 atom stereocenters. The average molecular weight is 473 g/mol. The number of pyridine rings is 1. The van der Waals surface area contributed by atoms with E-state index in [0.717, 1.165) is 22.2 Å². The van der Waals surface area contributed by atoms with Gasteiger partial charge >= 0.3 is 0 Å². The van der Waals surface area contributed by atoms with Gasteiger partial charge in [-0.2, -0.15) is 0 Å². The third-order valence-corrected chi connectivity index (χ3v) is 5.96. The van der Waals surface area contributed by atoms with Crippen LogP contribution < -0.4 is 10.1 Å². The van der Waals surface area contributed by atoms with Crippen LogP contribution in [0.2, 0.25) is 5.02 Å². The lowest BCUT2D eigenvalue weighted by atomic mass is 10.0. The maximum Gasteiger partial charge on any atom is 0.258 e. The van der Waals surface area contributed by atoms with Crippen LogP contribution in [-0.2, 0) is 6.61 Å². The van der Waals surface area contributed by atoms with E-state index in [1.165, 1.54) is 11.3 Å². The molecule has 162 valence electrons. The Bertz CT molecular complexity index is 1420. The number of hydrogen-bond donors (Lipinski definition) is 1. The summed E-state index contributed by atoms with van der Waals surface area (Å²) in [6, 6.07) is 26.2. The van der Waals surface area contributed by atoms with Crippen molar-refractivity contribution in [3.05, 3.63) is 101 Å². The van der Waals surface area contributed by atoms with Gasteiger partial charge < -0.3 is 4.74 Å². The molecule has 0 saturated carbocycles. The minimum Gasteiger partial charge on any atom is -0.486 e. The Morgan fingerprint density at radius 3 is 2.52 bits per heavy atom. The van der Waals surface area contributed by atoms with Gasteiger partial charge in [0.2, 0.25) is 5.13 Å². The fourth-order valence-electron chi connectivity index (χ4n) is 3.32. The molecule has 0 aliphatic rings. The number of nitrogens with one attached hydrogen (secondary N) is 1. The normalized spacial score (nSPS) is 10.8. The van der Waals surface area contributed by atoms with Crippen LogP contribution in [0, 0.1) is 0 Å². The minimum atomic E-state index is -0.271. The summed E-state index contributed by atoms with van der Waals surface area (Å²) in [5.74, 6) is 0.406. The first-order valence-electron chi connectivity index (χ1n) is 10.1. The molecule has 5 rings (SSSR count). The fourth-order valence-corrected chi connectivity index (χ4v) is 4.10. The molecule has 0 unspecified atom stereocenters. The number of carbonyl (C=O) groups is 1. The van der Waals surface area contributed by atoms with Crippen LogP contribution in [0.3, 0.4) is 0 Å². The maximum absolute atomic E-state index is 13.2. The second kappa shape index (κ2) is 9.36. The minimum absolute atomic E-state index is 0.242. The van der Waals surface area contributed by atoms with E-state index in [1.807, 2.05) is 54.6 Å². The van der Waals surface area contributed by atoms with E-state index >= 15 is 0 Å². The van der Waals surface area contributed by atoms with Gasteiger partial charge in [-0.3, -0.25) is 10.1 Å². The lowest BCUT2D eigenvalue weighted by Crippen LogP contribution is -2.13. The number of anilines is 1. The third kappa shape index (κ3) is 4.84. The van der Waals surface area contributed by atoms with Crippen LogP contribution in [0.15, 0.2) is 84.9 Å². The molecular weight excluding hydrogens is 456 g/mol. The first-order chi connectivity index (χ1) is 16.2. The summed E-state index contributed by atoms with van der Waals surface area (Å²) in [7, 11) is 0. The Labute approximate surface area is 198 Å². The molecule has 2 aromatic heterocycles. The summed E-state index contributed by atoms with van der Waals surface area (Å²) < 4.78 is 5.70. The summed E-state index contributed by atoms with van der Waals surface area (Å²) in [5, 5.41) is 13.5. The van der Waals surface area contributed by atoms with Crippen molar-refractivity contribution in [1.29, 1.82) is 0 Å². The number of carbonyl (C=O) groups excluding carboxylic acids is 1. The summed E-state index contributed by atoms with van der Waals surface area (Å²) >= 11 is 7.16. The largest absolute Gasteiger partial charge is 0.486 e.